The van der Waals surface area contributed by atoms with Crippen LogP contribution in [0.25, 0.3) is 0 Å². The molecule has 1 amide bonds. The van der Waals surface area contributed by atoms with Crippen molar-refractivity contribution in [3.8, 4) is 0 Å². The number of hydrogen-bond donors (Lipinski definition) is 0. The highest BCUT2D eigenvalue weighted by Crippen LogP contribution is 2.50. The Morgan fingerprint density at radius 3 is 1.86 bits per heavy atom. The lowest BCUT2D eigenvalue weighted by atomic mass is 10.1. The minimum atomic E-state index is -0.293. The molecule has 29 heavy (non-hydrogen) atoms. The van der Waals surface area contributed by atoms with Gasteiger partial charge < -0.3 is 14.5 Å². The Hall–Kier alpha value is -2.67. The summed E-state index contributed by atoms with van der Waals surface area (Å²) in [6, 6.07) is 12.3. The van der Waals surface area contributed by atoms with Gasteiger partial charge in [-0.1, -0.05) is 11.8 Å². The highest BCUT2D eigenvalue weighted by molar-refractivity contribution is 7.99. The SMILES string of the molecule is COC(=O)CCCC(=O)N1c2ccc(N(C)C)cc2Sc2cc(N(C)C)ccc21. The Morgan fingerprint density at radius 1 is 0.897 bits per heavy atom. The highest BCUT2D eigenvalue weighted by Gasteiger charge is 2.29. The van der Waals surface area contributed by atoms with E-state index in [0.29, 0.717) is 6.42 Å². The summed E-state index contributed by atoms with van der Waals surface area (Å²) in [5, 5.41) is 0. The summed E-state index contributed by atoms with van der Waals surface area (Å²) in [5.74, 6) is -0.314. The molecule has 2 aromatic rings. The van der Waals surface area contributed by atoms with E-state index < -0.39 is 0 Å². The molecular formula is C22H27N3O3S. The van der Waals surface area contributed by atoms with Crippen LogP contribution in [-0.2, 0) is 14.3 Å². The molecule has 7 heteroatoms. The first-order chi connectivity index (χ1) is 13.8. The summed E-state index contributed by atoms with van der Waals surface area (Å²) in [6.45, 7) is 0. The topological polar surface area (TPSA) is 53.1 Å². The normalized spacial score (nSPS) is 12.1. The van der Waals surface area contributed by atoms with Crippen molar-refractivity contribution < 1.29 is 14.3 Å². The summed E-state index contributed by atoms with van der Waals surface area (Å²) in [7, 11) is 9.38. The molecular weight excluding hydrogens is 386 g/mol. The Bertz CT molecular complexity index is 870. The molecule has 154 valence electrons. The predicted octanol–water partition coefficient (Wildman–Crippen LogP) is 4.29. The van der Waals surface area contributed by atoms with Crippen LogP contribution in [0.4, 0.5) is 22.7 Å². The zero-order valence-corrected chi connectivity index (χ0v) is 18.4. The van der Waals surface area contributed by atoms with Crippen LogP contribution in [0.3, 0.4) is 0 Å². The van der Waals surface area contributed by atoms with Crippen molar-refractivity contribution in [2.75, 3.05) is 50.0 Å². The van der Waals surface area contributed by atoms with Gasteiger partial charge in [-0.3, -0.25) is 14.5 Å². The highest BCUT2D eigenvalue weighted by atomic mass is 32.2. The number of amides is 1. The van der Waals surface area contributed by atoms with Crippen molar-refractivity contribution >= 4 is 46.4 Å². The van der Waals surface area contributed by atoms with Crippen LogP contribution in [0.1, 0.15) is 19.3 Å². The summed E-state index contributed by atoms with van der Waals surface area (Å²) in [4.78, 5) is 32.6. The summed E-state index contributed by atoms with van der Waals surface area (Å²) >= 11 is 1.68. The van der Waals surface area contributed by atoms with Gasteiger partial charge in [0.05, 0.1) is 18.5 Å². The van der Waals surface area contributed by atoms with Gasteiger partial charge in [-0.25, -0.2) is 0 Å². The van der Waals surface area contributed by atoms with E-state index in [-0.39, 0.29) is 24.7 Å². The van der Waals surface area contributed by atoms with E-state index in [1.54, 1.807) is 16.7 Å². The number of carbonyl (C=O) groups excluding carboxylic acids is 2. The van der Waals surface area contributed by atoms with Crippen molar-refractivity contribution in [1.82, 2.24) is 0 Å². The number of ether oxygens (including phenoxy) is 1. The van der Waals surface area contributed by atoms with Crippen LogP contribution in [0, 0.1) is 0 Å². The Kier molecular flexibility index (Phi) is 6.37. The van der Waals surface area contributed by atoms with E-state index in [1.807, 2.05) is 52.5 Å². The molecule has 0 fully saturated rings. The maximum Gasteiger partial charge on any atom is 0.305 e. The molecule has 0 spiro atoms. The van der Waals surface area contributed by atoms with E-state index in [4.69, 9.17) is 0 Å². The number of nitrogens with zero attached hydrogens (tertiary/aromatic N) is 3. The van der Waals surface area contributed by atoms with Gasteiger partial charge in [0, 0.05) is 62.2 Å². The Balaban J connectivity index is 1.98. The van der Waals surface area contributed by atoms with Crippen LogP contribution in [0.15, 0.2) is 46.2 Å². The third-order valence-electron chi connectivity index (χ3n) is 4.87. The van der Waals surface area contributed by atoms with Gasteiger partial charge >= 0.3 is 5.97 Å². The van der Waals surface area contributed by atoms with E-state index in [2.05, 4.69) is 26.7 Å². The second-order valence-electron chi connectivity index (χ2n) is 7.35. The molecule has 6 nitrogen and oxygen atoms in total. The summed E-state index contributed by atoms with van der Waals surface area (Å²) in [5.41, 5.74) is 3.94. The Morgan fingerprint density at radius 2 is 1.41 bits per heavy atom. The minimum absolute atomic E-state index is 0.0214. The van der Waals surface area contributed by atoms with Crippen LogP contribution in [0.5, 0.6) is 0 Å². The quantitative estimate of drug-likeness (QED) is 0.659. The minimum Gasteiger partial charge on any atom is -0.469 e. The van der Waals surface area contributed by atoms with Gasteiger partial charge in [-0.05, 0) is 42.8 Å². The average Bonchev–Trinajstić information content (AvgIpc) is 2.70. The van der Waals surface area contributed by atoms with E-state index in [9.17, 15) is 9.59 Å². The molecule has 0 aliphatic carbocycles. The average molecular weight is 414 g/mol. The first kappa shape index (κ1) is 21.0. The molecule has 0 N–H and O–H groups in total. The van der Waals surface area contributed by atoms with E-state index in [0.717, 1.165) is 32.5 Å². The molecule has 2 aromatic carbocycles. The van der Waals surface area contributed by atoms with Gasteiger partial charge in [0.2, 0.25) is 5.91 Å². The lowest BCUT2D eigenvalue weighted by Crippen LogP contribution is -2.28. The van der Waals surface area contributed by atoms with Gasteiger partial charge in [-0.2, -0.15) is 0 Å². The fourth-order valence-corrected chi connectivity index (χ4v) is 4.33. The molecule has 1 aliphatic heterocycles. The van der Waals surface area contributed by atoms with Crippen LogP contribution in [-0.4, -0.2) is 47.2 Å². The van der Waals surface area contributed by atoms with Crippen molar-refractivity contribution in [2.24, 2.45) is 0 Å². The van der Waals surface area contributed by atoms with Gasteiger partial charge in [0.15, 0.2) is 0 Å². The van der Waals surface area contributed by atoms with E-state index >= 15 is 0 Å². The Labute approximate surface area is 176 Å². The van der Waals surface area contributed by atoms with Crippen LogP contribution < -0.4 is 14.7 Å². The molecule has 0 saturated heterocycles. The number of esters is 1. The molecule has 0 aromatic heterocycles. The van der Waals surface area contributed by atoms with Crippen LogP contribution >= 0.6 is 11.8 Å². The first-order valence-electron chi connectivity index (χ1n) is 9.52. The van der Waals surface area contributed by atoms with Gasteiger partial charge in [0.1, 0.15) is 0 Å². The summed E-state index contributed by atoms with van der Waals surface area (Å²) in [6.07, 6.45) is 0.985. The van der Waals surface area contributed by atoms with Crippen molar-refractivity contribution in [1.29, 1.82) is 0 Å². The molecule has 0 radical (unpaired) electrons. The van der Waals surface area contributed by atoms with E-state index in [1.165, 1.54) is 7.11 Å². The van der Waals surface area contributed by atoms with Crippen molar-refractivity contribution in [2.45, 2.75) is 29.1 Å². The standard InChI is InChI=1S/C22H27N3O3S/c1-23(2)15-9-11-17-19(13-15)29-20-14-16(24(3)4)10-12-18(20)25(17)21(26)7-6-8-22(27)28-5/h9-14H,6-8H2,1-5H3. The smallest absolute Gasteiger partial charge is 0.305 e. The summed E-state index contributed by atoms with van der Waals surface area (Å²) < 4.78 is 4.68. The molecule has 1 heterocycles. The maximum absolute atomic E-state index is 13.2. The molecule has 0 atom stereocenters. The van der Waals surface area contributed by atoms with Gasteiger partial charge in [-0.15, -0.1) is 0 Å². The monoisotopic (exact) mass is 413 g/mol. The maximum atomic E-state index is 13.2. The van der Waals surface area contributed by atoms with Crippen LogP contribution in [0.2, 0.25) is 0 Å². The number of methoxy groups -OCH3 is 1. The molecule has 0 saturated carbocycles. The first-order valence-corrected chi connectivity index (χ1v) is 10.3. The van der Waals surface area contributed by atoms with Gasteiger partial charge in [0.25, 0.3) is 0 Å². The molecule has 3 rings (SSSR count). The number of fused-ring (bicyclic) bond motifs is 2. The number of rotatable bonds is 6. The zero-order valence-electron chi connectivity index (χ0n) is 17.6. The third kappa shape index (κ3) is 4.50. The van der Waals surface area contributed by atoms with Crippen molar-refractivity contribution in [3.63, 3.8) is 0 Å². The number of benzene rings is 2. The number of hydrogen-bond acceptors (Lipinski definition) is 6. The second-order valence-corrected chi connectivity index (χ2v) is 8.44. The number of anilines is 4. The molecule has 0 bridgehead atoms. The second kappa shape index (κ2) is 8.78. The lowest BCUT2D eigenvalue weighted by molar-refractivity contribution is -0.140. The predicted molar refractivity (Wildman–Crippen MR) is 119 cm³/mol. The molecule has 1 aliphatic rings. The fraction of sp³-hybridized carbons (Fsp3) is 0.364. The van der Waals surface area contributed by atoms with Crippen molar-refractivity contribution in [3.05, 3.63) is 36.4 Å². The third-order valence-corrected chi connectivity index (χ3v) is 5.96. The largest absolute Gasteiger partial charge is 0.469 e. The zero-order chi connectivity index (χ0) is 21.1. The molecule has 0 unspecified atom stereocenters. The number of carbonyl (C=O) groups is 2. The lowest BCUT2D eigenvalue weighted by Gasteiger charge is -2.32. The fourth-order valence-electron chi connectivity index (χ4n) is 3.21.